The number of aromatic nitrogens is 3. The minimum atomic E-state index is -4.62. The lowest BCUT2D eigenvalue weighted by atomic mass is 10.2. The SMILES string of the molecule is CCOc1ccc(CNC(=O)c2cc3nc(C)cc(C(F)(F)F)n3n2)cc1OCC. The van der Waals surface area contributed by atoms with Gasteiger partial charge in [-0.2, -0.15) is 18.3 Å². The lowest BCUT2D eigenvalue weighted by Crippen LogP contribution is -2.23. The molecule has 1 aromatic carbocycles. The van der Waals surface area contributed by atoms with Crippen LogP contribution in [0.4, 0.5) is 13.2 Å². The molecule has 2 heterocycles. The first-order chi connectivity index (χ1) is 14.2. The second kappa shape index (κ2) is 8.60. The van der Waals surface area contributed by atoms with Crippen LogP contribution in [0.5, 0.6) is 11.5 Å². The number of rotatable bonds is 7. The molecule has 0 aliphatic heterocycles. The zero-order valence-corrected chi connectivity index (χ0v) is 16.7. The highest BCUT2D eigenvalue weighted by atomic mass is 19.4. The predicted octanol–water partition coefficient (Wildman–Crippen LogP) is 3.78. The quantitative estimate of drug-likeness (QED) is 0.627. The maximum atomic E-state index is 13.3. The van der Waals surface area contributed by atoms with E-state index in [0.717, 1.165) is 11.6 Å². The van der Waals surface area contributed by atoms with Crippen LogP contribution in [-0.4, -0.2) is 33.7 Å². The fourth-order valence-corrected chi connectivity index (χ4v) is 2.89. The van der Waals surface area contributed by atoms with Crippen molar-refractivity contribution in [1.29, 1.82) is 0 Å². The van der Waals surface area contributed by atoms with Crippen molar-refractivity contribution in [2.45, 2.75) is 33.5 Å². The van der Waals surface area contributed by atoms with E-state index in [4.69, 9.17) is 9.47 Å². The minimum Gasteiger partial charge on any atom is -0.490 e. The molecule has 30 heavy (non-hydrogen) atoms. The summed E-state index contributed by atoms with van der Waals surface area (Å²) in [5.74, 6) is 0.530. The van der Waals surface area contributed by atoms with Crippen LogP contribution >= 0.6 is 0 Å². The molecule has 0 saturated carbocycles. The standard InChI is InChI=1S/C20H21F3N4O3/c1-4-29-15-7-6-13(9-16(15)30-5-2)11-24-19(28)14-10-18-25-12(3)8-17(20(21,22)23)27(18)26-14/h6-10H,4-5,11H2,1-3H3,(H,24,28). The highest BCUT2D eigenvalue weighted by Crippen LogP contribution is 2.30. The second-order valence-electron chi connectivity index (χ2n) is 6.41. The van der Waals surface area contributed by atoms with Gasteiger partial charge in [0.25, 0.3) is 5.91 Å². The highest BCUT2D eigenvalue weighted by Gasteiger charge is 2.35. The second-order valence-corrected chi connectivity index (χ2v) is 6.41. The Morgan fingerprint density at radius 3 is 2.47 bits per heavy atom. The molecule has 0 bridgehead atoms. The van der Waals surface area contributed by atoms with Crippen molar-refractivity contribution in [2.75, 3.05) is 13.2 Å². The normalized spacial score (nSPS) is 11.5. The van der Waals surface area contributed by atoms with Gasteiger partial charge in [0.05, 0.1) is 13.2 Å². The van der Waals surface area contributed by atoms with Gasteiger partial charge in [0.2, 0.25) is 0 Å². The van der Waals surface area contributed by atoms with Crippen LogP contribution in [0.3, 0.4) is 0 Å². The number of aryl methyl sites for hydroxylation is 1. The molecule has 1 N–H and O–H groups in total. The lowest BCUT2D eigenvalue weighted by molar-refractivity contribution is -0.142. The Morgan fingerprint density at radius 2 is 1.80 bits per heavy atom. The van der Waals surface area contributed by atoms with Crippen molar-refractivity contribution < 1.29 is 27.4 Å². The van der Waals surface area contributed by atoms with E-state index in [-0.39, 0.29) is 23.6 Å². The number of carbonyl (C=O) groups is 1. The maximum absolute atomic E-state index is 13.3. The van der Waals surface area contributed by atoms with Crippen LogP contribution in [0, 0.1) is 6.92 Å². The first-order valence-electron chi connectivity index (χ1n) is 9.34. The van der Waals surface area contributed by atoms with Gasteiger partial charge in [-0.15, -0.1) is 0 Å². The Bertz CT molecular complexity index is 1060. The fraction of sp³-hybridized carbons (Fsp3) is 0.350. The molecule has 0 radical (unpaired) electrons. The van der Waals surface area contributed by atoms with Gasteiger partial charge in [-0.3, -0.25) is 4.79 Å². The number of carbonyl (C=O) groups excluding carboxylic acids is 1. The van der Waals surface area contributed by atoms with Gasteiger partial charge in [0.15, 0.2) is 22.8 Å². The number of amides is 1. The number of hydrogen-bond acceptors (Lipinski definition) is 5. The Labute approximate surface area is 170 Å². The minimum absolute atomic E-state index is 0.0489. The molecule has 0 saturated heterocycles. The van der Waals surface area contributed by atoms with Crippen molar-refractivity contribution in [3.63, 3.8) is 0 Å². The van der Waals surface area contributed by atoms with E-state index >= 15 is 0 Å². The van der Waals surface area contributed by atoms with E-state index in [1.54, 1.807) is 18.2 Å². The molecular formula is C20H21F3N4O3. The summed E-state index contributed by atoms with van der Waals surface area (Å²) in [6, 6.07) is 7.36. The largest absolute Gasteiger partial charge is 0.490 e. The molecule has 0 unspecified atom stereocenters. The van der Waals surface area contributed by atoms with Gasteiger partial charge in [0, 0.05) is 18.3 Å². The number of nitrogens with zero attached hydrogens (tertiary/aromatic N) is 3. The molecule has 3 aromatic rings. The van der Waals surface area contributed by atoms with Crippen LogP contribution in [0.15, 0.2) is 30.3 Å². The molecule has 0 spiro atoms. The van der Waals surface area contributed by atoms with Gasteiger partial charge in [0.1, 0.15) is 5.69 Å². The summed E-state index contributed by atoms with van der Waals surface area (Å²) in [4.78, 5) is 16.5. The van der Waals surface area contributed by atoms with Gasteiger partial charge >= 0.3 is 6.18 Å². The van der Waals surface area contributed by atoms with Crippen LogP contribution in [-0.2, 0) is 12.7 Å². The van der Waals surface area contributed by atoms with E-state index in [9.17, 15) is 18.0 Å². The first-order valence-corrected chi connectivity index (χ1v) is 9.34. The molecule has 7 nitrogen and oxygen atoms in total. The number of alkyl halides is 3. The summed E-state index contributed by atoms with van der Waals surface area (Å²) < 4.78 is 51.4. The number of fused-ring (bicyclic) bond motifs is 1. The monoisotopic (exact) mass is 422 g/mol. The number of nitrogens with one attached hydrogen (secondary N) is 1. The fourth-order valence-electron chi connectivity index (χ4n) is 2.89. The molecular weight excluding hydrogens is 401 g/mol. The molecule has 160 valence electrons. The maximum Gasteiger partial charge on any atom is 0.433 e. The summed E-state index contributed by atoms with van der Waals surface area (Å²) in [5.41, 5.74) is -0.276. The number of benzene rings is 1. The summed E-state index contributed by atoms with van der Waals surface area (Å²) in [6.07, 6.45) is -4.62. The van der Waals surface area contributed by atoms with Crippen molar-refractivity contribution in [1.82, 2.24) is 19.9 Å². The number of hydrogen-bond donors (Lipinski definition) is 1. The summed E-state index contributed by atoms with van der Waals surface area (Å²) >= 11 is 0. The Balaban J connectivity index is 1.80. The third-order valence-corrected chi connectivity index (χ3v) is 4.14. The van der Waals surface area contributed by atoms with Crippen LogP contribution < -0.4 is 14.8 Å². The van der Waals surface area contributed by atoms with Gasteiger partial charge in [-0.25, -0.2) is 9.50 Å². The molecule has 0 fully saturated rings. The summed E-state index contributed by atoms with van der Waals surface area (Å²) in [7, 11) is 0. The Hall–Kier alpha value is -3.30. The number of halogens is 3. The van der Waals surface area contributed by atoms with E-state index < -0.39 is 17.8 Å². The third kappa shape index (κ3) is 4.64. The molecule has 0 aliphatic carbocycles. The average Bonchev–Trinajstić information content (AvgIpc) is 3.10. The smallest absolute Gasteiger partial charge is 0.433 e. The van der Waals surface area contributed by atoms with Crippen molar-refractivity contribution in [2.24, 2.45) is 0 Å². The van der Waals surface area contributed by atoms with Crippen LogP contribution in [0.25, 0.3) is 5.65 Å². The first kappa shape index (κ1) is 21.4. The molecule has 1 amide bonds. The van der Waals surface area contributed by atoms with Gasteiger partial charge < -0.3 is 14.8 Å². The zero-order chi connectivity index (χ0) is 21.9. The van der Waals surface area contributed by atoms with Crippen LogP contribution in [0.2, 0.25) is 0 Å². The zero-order valence-electron chi connectivity index (χ0n) is 16.7. The number of ether oxygens (including phenoxy) is 2. The van der Waals surface area contributed by atoms with Gasteiger partial charge in [-0.05, 0) is 44.5 Å². The van der Waals surface area contributed by atoms with E-state index in [0.29, 0.717) is 29.2 Å². The van der Waals surface area contributed by atoms with Crippen molar-refractivity contribution in [3.05, 3.63) is 53.0 Å². The molecule has 3 rings (SSSR count). The van der Waals surface area contributed by atoms with E-state index in [1.807, 2.05) is 13.8 Å². The van der Waals surface area contributed by atoms with Gasteiger partial charge in [-0.1, -0.05) is 6.07 Å². The molecule has 2 aromatic heterocycles. The van der Waals surface area contributed by atoms with Crippen molar-refractivity contribution >= 4 is 11.6 Å². The summed E-state index contributed by atoms with van der Waals surface area (Å²) in [6.45, 7) is 6.22. The predicted molar refractivity (Wildman–Crippen MR) is 103 cm³/mol. The highest BCUT2D eigenvalue weighted by molar-refractivity contribution is 5.93. The Morgan fingerprint density at radius 1 is 1.10 bits per heavy atom. The molecule has 10 heteroatoms. The van der Waals surface area contributed by atoms with E-state index in [1.165, 1.54) is 13.0 Å². The molecule has 0 atom stereocenters. The van der Waals surface area contributed by atoms with Crippen LogP contribution in [0.1, 0.15) is 41.3 Å². The topological polar surface area (TPSA) is 77.8 Å². The third-order valence-electron chi connectivity index (χ3n) is 4.14. The lowest BCUT2D eigenvalue weighted by Gasteiger charge is -2.12. The van der Waals surface area contributed by atoms with E-state index in [2.05, 4.69) is 15.4 Å². The van der Waals surface area contributed by atoms with Crippen molar-refractivity contribution in [3.8, 4) is 11.5 Å². The average molecular weight is 422 g/mol. The summed E-state index contributed by atoms with van der Waals surface area (Å²) in [5, 5.41) is 6.44. The molecule has 0 aliphatic rings. The Kier molecular flexibility index (Phi) is 6.14.